The molecule has 0 spiro atoms. The zero-order chi connectivity index (χ0) is 24.8. The summed E-state index contributed by atoms with van der Waals surface area (Å²) in [5, 5.41) is 3.33. The number of carbonyl (C=O) groups is 1. The average Bonchev–Trinajstić information content (AvgIpc) is 3.42. The van der Waals surface area contributed by atoms with Crippen molar-refractivity contribution in [2.45, 2.75) is 20.3 Å². The summed E-state index contributed by atoms with van der Waals surface area (Å²) in [7, 11) is 1.96. The summed E-state index contributed by atoms with van der Waals surface area (Å²) in [4.78, 5) is 36.2. The third-order valence-electron chi connectivity index (χ3n) is 6.44. The van der Waals surface area contributed by atoms with Crippen molar-refractivity contribution < 1.29 is 9.53 Å². The number of nitrogens with zero attached hydrogens (tertiary/aromatic N) is 7. The number of aryl methyl sites for hydroxylation is 2. The lowest BCUT2D eigenvalue weighted by Crippen LogP contribution is -2.28. The Bertz CT molecular complexity index is 1630. The molecule has 10 nitrogen and oxygen atoms in total. The van der Waals surface area contributed by atoms with Gasteiger partial charge in [0.25, 0.3) is 0 Å². The highest BCUT2D eigenvalue weighted by atomic mass is 16.5. The minimum absolute atomic E-state index is 0.0245. The molecule has 1 aliphatic rings. The Hall–Kier alpha value is -4.60. The van der Waals surface area contributed by atoms with Gasteiger partial charge in [0.05, 0.1) is 23.6 Å². The van der Waals surface area contributed by atoms with Crippen molar-refractivity contribution in [2.24, 2.45) is 13.0 Å². The maximum atomic E-state index is 12.5. The number of aromatic nitrogens is 6. The van der Waals surface area contributed by atoms with Gasteiger partial charge in [-0.1, -0.05) is 6.92 Å². The maximum Gasteiger partial charge on any atom is 0.232 e. The van der Waals surface area contributed by atoms with Crippen molar-refractivity contribution in [3.05, 3.63) is 60.8 Å². The van der Waals surface area contributed by atoms with Gasteiger partial charge in [0, 0.05) is 31.3 Å². The average molecular weight is 481 g/mol. The molecule has 36 heavy (non-hydrogen) atoms. The first-order valence-electron chi connectivity index (χ1n) is 11.7. The highest BCUT2D eigenvalue weighted by Crippen LogP contribution is 2.31. The van der Waals surface area contributed by atoms with Crippen molar-refractivity contribution >= 4 is 45.4 Å². The third-order valence-corrected chi connectivity index (χ3v) is 6.44. The molecule has 2 aromatic carbocycles. The Morgan fingerprint density at radius 3 is 2.75 bits per heavy atom. The van der Waals surface area contributed by atoms with Gasteiger partial charge in [0.15, 0.2) is 5.82 Å². The topological polar surface area (TPSA) is 111 Å². The fourth-order valence-electron chi connectivity index (χ4n) is 4.37. The number of imidazole rings is 1. The second kappa shape index (κ2) is 8.56. The molecule has 0 bridgehead atoms. The van der Waals surface area contributed by atoms with Gasteiger partial charge in [0.1, 0.15) is 28.9 Å². The molecular formula is C26H24N8O2. The molecular weight excluding hydrogens is 456 g/mol. The molecule has 1 N–H and O–H groups in total. The summed E-state index contributed by atoms with van der Waals surface area (Å²) >= 11 is 0. The number of nitrogens with one attached hydrogen (secondary N) is 1. The lowest BCUT2D eigenvalue weighted by atomic mass is 10.1. The number of amides is 1. The van der Waals surface area contributed by atoms with Gasteiger partial charge in [-0.25, -0.2) is 24.9 Å². The number of rotatable bonds is 5. The van der Waals surface area contributed by atoms with Crippen LogP contribution in [0.2, 0.25) is 0 Å². The van der Waals surface area contributed by atoms with E-state index in [0.717, 1.165) is 40.2 Å². The second-order valence-corrected chi connectivity index (χ2v) is 9.02. The van der Waals surface area contributed by atoms with Crippen LogP contribution in [0.25, 0.3) is 22.1 Å². The number of benzene rings is 2. The molecule has 3 aromatic heterocycles. The number of carbonyl (C=O) groups excluding carboxylic acids is 1. The van der Waals surface area contributed by atoms with E-state index in [0.29, 0.717) is 29.3 Å². The molecule has 0 radical (unpaired) electrons. The fraction of sp³-hybridized carbons (Fsp3) is 0.231. The summed E-state index contributed by atoms with van der Waals surface area (Å²) in [6, 6.07) is 11.7. The Kier molecular flexibility index (Phi) is 5.21. The van der Waals surface area contributed by atoms with Crippen LogP contribution < -0.4 is 15.0 Å². The molecule has 1 aliphatic heterocycles. The van der Waals surface area contributed by atoms with Gasteiger partial charge < -0.3 is 14.6 Å². The molecule has 4 heterocycles. The van der Waals surface area contributed by atoms with Crippen molar-refractivity contribution in [1.29, 1.82) is 0 Å². The number of ether oxygens (including phenoxy) is 1. The molecule has 10 heteroatoms. The molecule has 180 valence electrons. The largest absolute Gasteiger partial charge is 0.457 e. The summed E-state index contributed by atoms with van der Waals surface area (Å²) in [6.45, 7) is 4.51. The Morgan fingerprint density at radius 2 is 1.94 bits per heavy atom. The molecule has 6 rings (SSSR count). The van der Waals surface area contributed by atoms with Crippen molar-refractivity contribution in [2.75, 3.05) is 16.8 Å². The van der Waals surface area contributed by atoms with Crippen LogP contribution >= 0.6 is 0 Å². The Morgan fingerprint density at radius 1 is 1.06 bits per heavy atom. The quantitative estimate of drug-likeness (QED) is 0.391. The van der Waals surface area contributed by atoms with E-state index in [4.69, 9.17) is 4.74 Å². The van der Waals surface area contributed by atoms with Crippen LogP contribution in [0.4, 0.5) is 17.5 Å². The van der Waals surface area contributed by atoms with Gasteiger partial charge >= 0.3 is 0 Å². The van der Waals surface area contributed by atoms with E-state index in [9.17, 15) is 4.79 Å². The van der Waals surface area contributed by atoms with E-state index < -0.39 is 0 Å². The summed E-state index contributed by atoms with van der Waals surface area (Å²) < 4.78 is 8.10. The molecule has 1 amide bonds. The summed E-state index contributed by atoms with van der Waals surface area (Å²) in [5.74, 6) is 2.39. The van der Waals surface area contributed by atoms with Gasteiger partial charge in [-0.3, -0.25) is 9.69 Å². The first kappa shape index (κ1) is 21.9. The first-order chi connectivity index (χ1) is 17.5. The van der Waals surface area contributed by atoms with Crippen LogP contribution in [0.15, 0.2) is 55.2 Å². The van der Waals surface area contributed by atoms with E-state index in [1.54, 1.807) is 17.4 Å². The molecule has 5 aromatic rings. The number of fused-ring (bicyclic) bond motifs is 2. The molecule has 1 atom stereocenters. The van der Waals surface area contributed by atoms with Gasteiger partial charge in [-0.2, -0.15) is 0 Å². The molecule has 0 saturated carbocycles. The Labute approximate surface area is 207 Å². The number of hydrogen-bond acceptors (Lipinski definition) is 8. The molecule has 1 saturated heterocycles. The fourth-order valence-corrected chi connectivity index (χ4v) is 4.37. The van der Waals surface area contributed by atoms with Crippen molar-refractivity contribution in [3.63, 3.8) is 0 Å². The molecule has 0 aliphatic carbocycles. The third kappa shape index (κ3) is 3.86. The van der Waals surface area contributed by atoms with Crippen LogP contribution in [0.3, 0.4) is 0 Å². The predicted molar refractivity (Wildman–Crippen MR) is 137 cm³/mol. The van der Waals surface area contributed by atoms with Gasteiger partial charge in [-0.05, 0) is 49.2 Å². The van der Waals surface area contributed by atoms with Crippen LogP contribution in [0.1, 0.15) is 18.9 Å². The van der Waals surface area contributed by atoms with Crippen LogP contribution in [-0.2, 0) is 11.8 Å². The SMILES string of the molecule is Cc1cc(Nc2ncnc3cnc(N4CC[C@@H](C)C4=O)nc23)ccc1Oc1ccc2c(c1)ncn2C. The van der Waals surface area contributed by atoms with E-state index in [-0.39, 0.29) is 11.8 Å². The number of anilines is 3. The minimum atomic E-state index is -0.0245. The van der Waals surface area contributed by atoms with Crippen LogP contribution in [0, 0.1) is 12.8 Å². The zero-order valence-electron chi connectivity index (χ0n) is 20.1. The number of hydrogen-bond donors (Lipinski definition) is 1. The zero-order valence-corrected chi connectivity index (χ0v) is 20.1. The van der Waals surface area contributed by atoms with Crippen molar-refractivity contribution in [3.8, 4) is 11.5 Å². The van der Waals surface area contributed by atoms with E-state index in [1.807, 2.05) is 61.9 Å². The normalized spacial score (nSPS) is 15.7. The predicted octanol–water partition coefficient (Wildman–Crippen LogP) is 4.52. The highest BCUT2D eigenvalue weighted by molar-refractivity contribution is 5.96. The monoisotopic (exact) mass is 480 g/mol. The van der Waals surface area contributed by atoms with E-state index >= 15 is 0 Å². The van der Waals surface area contributed by atoms with Gasteiger partial charge in [-0.15, -0.1) is 0 Å². The smallest absolute Gasteiger partial charge is 0.232 e. The molecule has 1 fully saturated rings. The first-order valence-corrected chi connectivity index (χ1v) is 11.7. The van der Waals surface area contributed by atoms with E-state index in [1.165, 1.54) is 6.33 Å². The maximum absolute atomic E-state index is 12.5. The lowest BCUT2D eigenvalue weighted by Gasteiger charge is -2.15. The van der Waals surface area contributed by atoms with E-state index in [2.05, 4.69) is 30.2 Å². The van der Waals surface area contributed by atoms with Crippen molar-refractivity contribution in [1.82, 2.24) is 29.5 Å². The van der Waals surface area contributed by atoms with Gasteiger partial charge in [0.2, 0.25) is 11.9 Å². The molecule has 0 unspecified atom stereocenters. The minimum Gasteiger partial charge on any atom is -0.457 e. The second-order valence-electron chi connectivity index (χ2n) is 9.02. The van der Waals surface area contributed by atoms with Crippen LogP contribution in [-0.4, -0.2) is 41.9 Å². The Balaban J connectivity index is 1.26. The summed E-state index contributed by atoms with van der Waals surface area (Å²) in [5.41, 5.74) is 4.85. The standard InChI is InChI=1S/C26H24N8O2/c1-15-8-9-34(25(15)35)26-27-12-20-23(32-26)24(29-13-28-20)31-17-4-7-22(16(2)10-17)36-18-5-6-21-19(11-18)30-14-33(21)3/h4-7,10-15H,8-9H2,1-3H3,(H,28,29,31)/t15-/m1/s1. The lowest BCUT2D eigenvalue weighted by molar-refractivity contribution is -0.119. The van der Waals surface area contributed by atoms with Crippen LogP contribution in [0.5, 0.6) is 11.5 Å². The summed E-state index contributed by atoms with van der Waals surface area (Å²) in [6.07, 6.45) is 5.67. The highest BCUT2D eigenvalue weighted by Gasteiger charge is 2.31.